The number of carbonyl (C=O) groups is 8. The van der Waals surface area contributed by atoms with Crippen molar-refractivity contribution in [2.75, 3.05) is 0 Å². The van der Waals surface area contributed by atoms with Crippen LogP contribution in [0, 0.1) is 0 Å². The molecule has 0 aliphatic carbocycles. The van der Waals surface area contributed by atoms with E-state index >= 15 is 0 Å². The van der Waals surface area contributed by atoms with Gasteiger partial charge >= 0.3 is 17.9 Å². The van der Waals surface area contributed by atoms with E-state index in [4.69, 9.17) is 27.4 Å². The number of nitrogens with two attached hydrogens (primary N) is 3. The number of carboxylic acids is 3. The number of nitrogens with one attached hydrogen (secondary N) is 3. The molecule has 17 nitrogen and oxygen atoms in total. The SMILES string of the molecule is NC(=O)CCC(NC(=O)C(N)CCC(=O)O)C(=O)NC(CCC(N)=O)C(=O)NC(CCC(=O)O)C(=O)O. The summed E-state index contributed by atoms with van der Waals surface area (Å²) in [6, 6.07) is -5.96. The minimum atomic E-state index is -1.63. The van der Waals surface area contributed by atoms with E-state index in [1.165, 1.54) is 0 Å². The minimum absolute atomic E-state index is 0.262. The summed E-state index contributed by atoms with van der Waals surface area (Å²) in [5, 5.41) is 33.3. The van der Waals surface area contributed by atoms with E-state index in [0.717, 1.165) is 0 Å². The fourth-order valence-corrected chi connectivity index (χ4v) is 2.87. The standard InChI is InChI=1S/C20H32N6O11/c21-9(1-7-15(29)30)17(33)24-10(2-5-13(22)27)18(34)25-11(3-6-14(23)28)19(35)26-12(20(36)37)4-8-16(31)32/h9-12H,1-8,21H2,(H2,22,27)(H2,23,28)(H,24,33)(H,25,34)(H,26,35)(H,29,30)(H,31,32)(H,36,37). The van der Waals surface area contributed by atoms with Gasteiger partial charge < -0.3 is 48.5 Å². The Bertz CT molecular complexity index is 894. The molecule has 0 fully saturated rings. The lowest BCUT2D eigenvalue weighted by Crippen LogP contribution is -2.57. The van der Waals surface area contributed by atoms with E-state index in [2.05, 4.69) is 16.0 Å². The van der Waals surface area contributed by atoms with Crippen molar-refractivity contribution in [2.45, 2.75) is 75.5 Å². The molecule has 17 heteroatoms. The monoisotopic (exact) mass is 532 g/mol. The largest absolute Gasteiger partial charge is 0.481 e. The molecule has 5 amide bonds. The zero-order valence-corrected chi connectivity index (χ0v) is 19.8. The normalized spacial score (nSPS) is 13.8. The van der Waals surface area contributed by atoms with Crippen LogP contribution in [0.25, 0.3) is 0 Å². The summed E-state index contributed by atoms with van der Waals surface area (Å²) in [5.41, 5.74) is 15.8. The summed E-state index contributed by atoms with van der Waals surface area (Å²) in [7, 11) is 0. The number of carboxylic acid groups (broad SMARTS) is 3. The van der Waals surface area contributed by atoms with Crippen LogP contribution in [0.4, 0.5) is 0 Å². The second kappa shape index (κ2) is 16.4. The van der Waals surface area contributed by atoms with Gasteiger partial charge in [-0.3, -0.25) is 33.6 Å². The second-order valence-corrected chi connectivity index (χ2v) is 8.00. The average molecular weight is 533 g/mol. The number of hydrogen-bond acceptors (Lipinski definition) is 9. The van der Waals surface area contributed by atoms with Crippen molar-refractivity contribution in [1.82, 2.24) is 16.0 Å². The zero-order chi connectivity index (χ0) is 28.7. The Morgan fingerprint density at radius 2 is 0.892 bits per heavy atom. The van der Waals surface area contributed by atoms with Crippen molar-refractivity contribution in [3.63, 3.8) is 0 Å². The van der Waals surface area contributed by atoms with Gasteiger partial charge in [0.2, 0.25) is 29.5 Å². The van der Waals surface area contributed by atoms with Crippen LogP contribution in [0.5, 0.6) is 0 Å². The first-order valence-electron chi connectivity index (χ1n) is 11.0. The molecule has 0 heterocycles. The lowest BCUT2D eigenvalue weighted by molar-refractivity contribution is -0.143. The summed E-state index contributed by atoms with van der Waals surface area (Å²) in [6.07, 6.45) is -3.26. The summed E-state index contributed by atoms with van der Waals surface area (Å²) < 4.78 is 0. The van der Waals surface area contributed by atoms with E-state index in [1.54, 1.807) is 0 Å². The first-order chi connectivity index (χ1) is 17.1. The van der Waals surface area contributed by atoms with E-state index in [-0.39, 0.29) is 25.7 Å². The molecule has 4 atom stereocenters. The van der Waals surface area contributed by atoms with Crippen LogP contribution in [-0.4, -0.2) is 86.9 Å². The maximum atomic E-state index is 12.9. The molecule has 37 heavy (non-hydrogen) atoms. The van der Waals surface area contributed by atoms with Crippen molar-refractivity contribution >= 4 is 47.4 Å². The molecule has 0 aromatic carbocycles. The number of amides is 5. The Balaban J connectivity index is 5.64. The van der Waals surface area contributed by atoms with Crippen LogP contribution in [0.2, 0.25) is 0 Å². The van der Waals surface area contributed by atoms with E-state index in [9.17, 15) is 43.5 Å². The van der Waals surface area contributed by atoms with Gasteiger partial charge in [-0.15, -0.1) is 0 Å². The van der Waals surface area contributed by atoms with Gasteiger partial charge in [0.1, 0.15) is 18.1 Å². The Labute approximate surface area is 210 Å². The lowest BCUT2D eigenvalue weighted by Gasteiger charge is -2.25. The third-order valence-corrected chi connectivity index (χ3v) is 4.89. The van der Waals surface area contributed by atoms with Crippen LogP contribution in [0.1, 0.15) is 51.4 Å². The van der Waals surface area contributed by atoms with E-state index in [0.29, 0.717) is 0 Å². The molecule has 0 saturated carbocycles. The van der Waals surface area contributed by atoms with Gasteiger partial charge in [0.25, 0.3) is 0 Å². The average Bonchev–Trinajstić information content (AvgIpc) is 2.79. The highest BCUT2D eigenvalue weighted by atomic mass is 16.4. The molecule has 0 rings (SSSR count). The number of rotatable bonds is 19. The molecule has 208 valence electrons. The van der Waals surface area contributed by atoms with Gasteiger partial charge in [-0.2, -0.15) is 0 Å². The third-order valence-electron chi connectivity index (χ3n) is 4.89. The molecule has 0 saturated heterocycles. The van der Waals surface area contributed by atoms with Gasteiger partial charge in [0.05, 0.1) is 6.04 Å². The number of aliphatic carboxylic acids is 3. The fourth-order valence-electron chi connectivity index (χ4n) is 2.87. The lowest BCUT2D eigenvalue weighted by atomic mass is 10.0. The quantitative estimate of drug-likeness (QED) is 0.0771. The van der Waals surface area contributed by atoms with Crippen molar-refractivity contribution < 1.29 is 53.7 Å². The number of hydrogen-bond donors (Lipinski definition) is 9. The van der Waals surface area contributed by atoms with Crippen LogP contribution < -0.4 is 33.2 Å². The van der Waals surface area contributed by atoms with Crippen molar-refractivity contribution in [3.8, 4) is 0 Å². The molecule has 0 aromatic rings. The predicted molar refractivity (Wildman–Crippen MR) is 122 cm³/mol. The van der Waals surface area contributed by atoms with Gasteiger partial charge in [-0.1, -0.05) is 0 Å². The maximum absolute atomic E-state index is 12.9. The van der Waals surface area contributed by atoms with Crippen molar-refractivity contribution in [3.05, 3.63) is 0 Å². The molecule has 0 spiro atoms. The Morgan fingerprint density at radius 1 is 0.541 bits per heavy atom. The highest BCUT2D eigenvalue weighted by Gasteiger charge is 2.31. The van der Waals surface area contributed by atoms with Crippen LogP contribution >= 0.6 is 0 Å². The second-order valence-electron chi connectivity index (χ2n) is 8.00. The Kier molecular flexibility index (Phi) is 14.5. The van der Waals surface area contributed by atoms with Gasteiger partial charge in [-0.25, -0.2) is 4.79 Å². The van der Waals surface area contributed by atoms with Crippen molar-refractivity contribution in [2.24, 2.45) is 17.2 Å². The van der Waals surface area contributed by atoms with Crippen LogP contribution in [0.3, 0.4) is 0 Å². The third kappa shape index (κ3) is 14.7. The van der Waals surface area contributed by atoms with Crippen LogP contribution in [0.15, 0.2) is 0 Å². The van der Waals surface area contributed by atoms with E-state index < -0.39 is 97.3 Å². The molecule has 12 N–H and O–H groups in total. The summed E-state index contributed by atoms with van der Waals surface area (Å²) in [4.78, 5) is 93.1. The molecule has 4 unspecified atom stereocenters. The minimum Gasteiger partial charge on any atom is -0.481 e. The summed E-state index contributed by atoms with van der Waals surface area (Å²) in [6.45, 7) is 0. The highest BCUT2D eigenvalue weighted by molar-refractivity contribution is 5.94. The topological polar surface area (TPSA) is 311 Å². The van der Waals surface area contributed by atoms with Crippen LogP contribution in [-0.2, 0) is 38.4 Å². The molecular weight excluding hydrogens is 500 g/mol. The molecule has 0 aliphatic rings. The predicted octanol–water partition coefficient (Wildman–Crippen LogP) is -3.89. The zero-order valence-electron chi connectivity index (χ0n) is 19.8. The first kappa shape index (κ1) is 32.7. The molecule has 0 aliphatic heterocycles. The van der Waals surface area contributed by atoms with Gasteiger partial charge in [-0.05, 0) is 25.7 Å². The van der Waals surface area contributed by atoms with Crippen molar-refractivity contribution in [1.29, 1.82) is 0 Å². The number of carbonyl (C=O) groups excluding carboxylic acids is 5. The van der Waals surface area contributed by atoms with Gasteiger partial charge in [0, 0.05) is 25.7 Å². The Morgan fingerprint density at radius 3 is 1.27 bits per heavy atom. The maximum Gasteiger partial charge on any atom is 0.326 e. The van der Waals surface area contributed by atoms with E-state index in [1.807, 2.05) is 0 Å². The highest BCUT2D eigenvalue weighted by Crippen LogP contribution is 2.06. The molecule has 0 radical (unpaired) electrons. The number of primary amides is 2. The summed E-state index contributed by atoms with van der Waals surface area (Å²) in [5.74, 6) is -8.78. The van der Waals surface area contributed by atoms with Gasteiger partial charge in [0.15, 0.2) is 0 Å². The summed E-state index contributed by atoms with van der Waals surface area (Å²) >= 11 is 0. The Hall–Kier alpha value is -4.28. The molecule has 0 bridgehead atoms. The smallest absolute Gasteiger partial charge is 0.326 e. The molecule has 0 aromatic heterocycles. The molecular formula is C20H32N6O11. The fraction of sp³-hybridized carbons (Fsp3) is 0.600. The first-order valence-corrected chi connectivity index (χ1v) is 11.0.